The third kappa shape index (κ3) is 5.00. The van der Waals surface area contributed by atoms with Crippen molar-refractivity contribution in [2.75, 3.05) is 13.7 Å². The molecule has 0 aliphatic carbocycles. The number of rotatable bonds is 7. The summed E-state index contributed by atoms with van der Waals surface area (Å²) < 4.78 is 16.6. The van der Waals surface area contributed by atoms with Crippen molar-refractivity contribution in [3.05, 3.63) is 46.9 Å². The number of likely N-dealkylation sites (tertiary alicyclic amines) is 1. The van der Waals surface area contributed by atoms with Crippen molar-refractivity contribution in [3.8, 4) is 11.5 Å². The number of carbonyl (C=O) groups is 1. The third-order valence-electron chi connectivity index (χ3n) is 5.54. The Kier molecular flexibility index (Phi) is 6.96. The molecule has 0 spiro atoms. The third-order valence-corrected chi connectivity index (χ3v) is 5.54. The van der Waals surface area contributed by atoms with Gasteiger partial charge in [-0.1, -0.05) is 18.1 Å². The minimum absolute atomic E-state index is 0.0780. The number of benzene rings is 1. The second-order valence-corrected chi connectivity index (χ2v) is 7.42. The summed E-state index contributed by atoms with van der Waals surface area (Å²) in [5, 5.41) is 3.94. The molecule has 1 aliphatic rings. The van der Waals surface area contributed by atoms with Crippen molar-refractivity contribution in [1.82, 2.24) is 10.1 Å². The van der Waals surface area contributed by atoms with E-state index in [-0.39, 0.29) is 5.91 Å². The normalized spacial score (nSPS) is 17.0. The Balaban J connectivity index is 1.68. The first-order valence-electron chi connectivity index (χ1n) is 10.2. The van der Waals surface area contributed by atoms with Gasteiger partial charge in [-0.15, -0.1) is 0 Å². The van der Waals surface area contributed by atoms with E-state index in [4.69, 9.17) is 14.0 Å². The van der Waals surface area contributed by atoms with Gasteiger partial charge in [0.05, 0.1) is 18.4 Å². The summed E-state index contributed by atoms with van der Waals surface area (Å²) in [4.78, 5) is 14.6. The first kappa shape index (κ1) is 21.0. The highest BCUT2D eigenvalue weighted by Gasteiger charge is 2.23. The van der Waals surface area contributed by atoms with Crippen molar-refractivity contribution >= 4 is 12.0 Å². The largest absolute Gasteiger partial charge is 0.493 e. The molecule has 1 aliphatic heterocycles. The molecule has 1 amide bonds. The van der Waals surface area contributed by atoms with Crippen LogP contribution in [-0.4, -0.2) is 35.7 Å². The summed E-state index contributed by atoms with van der Waals surface area (Å²) in [7, 11) is 1.61. The Morgan fingerprint density at radius 2 is 2.14 bits per heavy atom. The molecule has 2 aromatic rings. The zero-order valence-corrected chi connectivity index (χ0v) is 17.7. The molecule has 6 nitrogen and oxygen atoms in total. The van der Waals surface area contributed by atoms with Gasteiger partial charge in [0.15, 0.2) is 11.5 Å². The van der Waals surface area contributed by atoms with Crippen LogP contribution in [0.2, 0.25) is 0 Å². The molecule has 1 fully saturated rings. The lowest BCUT2D eigenvalue weighted by molar-refractivity contribution is -0.129. The maximum atomic E-state index is 12.6. The van der Waals surface area contributed by atoms with E-state index in [9.17, 15) is 4.79 Å². The molecule has 1 aromatic carbocycles. The molecule has 1 unspecified atom stereocenters. The Hall–Kier alpha value is -2.76. The van der Waals surface area contributed by atoms with Crippen LogP contribution < -0.4 is 9.47 Å². The number of aromatic nitrogens is 1. The summed E-state index contributed by atoms with van der Waals surface area (Å²) in [6, 6.07) is 6.01. The minimum Gasteiger partial charge on any atom is -0.493 e. The van der Waals surface area contributed by atoms with Gasteiger partial charge < -0.3 is 18.9 Å². The zero-order chi connectivity index (χ0) is 20.8. The number of aryl methyl sites for hydroxylation is 2. The molecular formula is C23H30N2O4. The van der Waals surface area contributed by atoms with E-state index < -0.39 is 0 Å². The van der Waals surface area contributed by atoms with E-state index in [1.807, 2.05) is 43.0 Å². The zero-order valence-electron chi connectivity index (χ0n) is 17.7. The molecule has 1 atom stereocenters. The molecule has 1 saturated heterocycles. The van der Waals surface area contributed by atoms with Crippen molar-refractivity contribution in [3.63, 3.8) is 0 Å². The van der Waals surface area contributed by atoms with Crippen LogP contribution in [-0.2, 0) is 11.4 Å². The van der Waals surface area contributed by atoms with Crippen LogP contribution in [0.5, 0.6) is 11.5 Å². The SMILES string of the molecule is CCC1CCCCN1C(=O)C=Cc1ccc(OCc2c(C)noc2C)c(OC)c1. The average molecular weight is 399 g/mol. The number of hydrogen-bond acceptors (Lipinski definition) is 5. The second-order valence-electron chi connectivity index (χ2n) is 7.42. The summed E-state index contributed by atoms with van der Waals surface area (Å²) in [5.74, 6) is 2.09. The highest BCUT2D eigenvalue weighted by atomic mass is 16.5. The number of ether oxygens (including phenoxy) is 2. The van der Waals surface area contributed by atoms with Gasteiger partial charge >= 0.3 is 0 Å². The number of methoxy groups -OCH3 is 1. The summed E-state index contributed by atoms with van der Waals surface area (Å²) >= 11 is 0. The lowest BCUT2D eigenvalue weighted by Gasteiger charge is -2.34. The van der Waals surface area contributed by atoms with E-state index in [1.54, 1.807) is 13.2 Å². The lowest BCUT2D eigenvalue weighted by Crippen LogP contribution is -2.42. The van der Waals surface area contributed by atoms with Crippen molar-refractivity contribution < 1.29 is 18.8 Å². The topological polar surface area (TPSA) is 64.8 Å². The molecule has 0 bridgehead atoms. The van der Waals surface area contributed by atoms with Crippen molar-refractivity contribution in [1.29, 1.82) is 0 Å². The van der Waals surface area contributed by atoms with E-state index in [1.165, 1.54) is 6.42 Å². The lowest BCUT2D eigenvalue weighted by atomic mass is 10.00. The van der Waals surface area contributed by atoms with Crippen LogP contribution in [0.1, 0.15) is 55.2 Å². The first-order valence-corrected chi connectivity index (χ1v) is 10.2. The van der Waals surface area contributed by atoms with Crippen LogP contribution >= 0.6 is 0 Å². The number of nitrogens with zero attached hydrogens (tertiary/aromatic N) is 2. The number of amides is 1. The van der Waals surface area contributed by atoms with Crippen LogP contribution in [0.25, 0.3) is 6.08 Å². The van der Waals surface area contributed by atoms with Gasteiger partial charge in [-0.05, 0) is 63.3 Å². The Labute approximate surface area is 172 Å². The number of hydrogen-bond donors (Lipinski definition) is 0. The molecule has 0 saturated carbocycles. The molecule has 0 N–H and O–H groups in total. The maximum absolute atomic E-state index is 12.6. The van der Waals surface area contributed by atoms with Crippen molar-refractivity contribution in [2.24, 2.45) is 0 Å². The fourth-order valence-corrected chi connectivity index (χ4v) is 3.74. The number of carbonyl (C=O) groups excluding carboxylic acids is 1. The fourth-order valence-electron chi connectivity index (χ4n) is 3.74. The molecule has 156 valence electrons. The molecule has 1 aromatic heterocycles. The second kappa shape index (κ2) is 9.63. The summed E-state index contributed by atoms with van der Waals surface area (Å²) in [6.07, 6.45) is 7.89. The maximum Gasteiger partial charge on any atom is 0.246 e. The first-order chi connectivity index (χ1) is 14.0. The van der Waals surface area contributed by atoms with Crippen molar-refractivity contribution in [2.45, 2.75) is 59.1 Å². The fraction of sp³-hybridized carbons (Fsp3) is 0.478. The Morgan fingerprint density at radius 3 is 2.83 bits per heavy atom. The molecule has 29 heavy (non-hydrogen) atoms. The average Bonchev–Trinajstić information content (AvgIpc) is 3.07. The van der Waals surface area contributed by atoms with E-state index in [0.717, 1.165) is 48.4 Å². The summed E-state index contributed by atoms with van der Waals surface area (Å²) in [6.45, 7) is 7.11. The van der Waals surface area contributed by atoms with Gasteiger partial charge in [-0.25, -0.2) is 0 Å². The van der Waals surface area contributed by atoms with Crippen LogP contribution in [0.15, 0.2) is 28.8 Å². The van der Waals surface area contributed by atoms with Gasteiger partial charge in [0, 0.05) is 18.7 Å². The van der Waals surface area contributed by atoms with Gasteiger partial charge in [-0.3, -0.25) is 4.79 Å². The smallest absolute Gasteiger partial charge is 0.246 e. The molecule has 2 heterocycles. The highest BCUT2D eigenvalue weighted by Crippen LogP contribution is 2.30. The predicted octanol–water partition coefficient (Wildman–Crippen LogP) is 4.68. The van der Waals surface area contributed by atoms with Gasteiger partial charge in [0.2, 0.25) is 5.91 Å². The van der Waals surface area contributed by atoms with Crippen LogP contribution in [0.4, 0.5) is 0 Å². The number of piperidine rings is 1. The van der Waals surface area contributed by atoms with E-state index >= 15 is 0 Å². The highest BCUT2D eigenvalue weighted by molar-refractivity contribution is 5.92. The van der Waals surface area contributed by atoms with Gasteiger partial charge in [0.25, 0.3) is 0 Å². The Morgan fingerprint density at radius 1 is 1.31 bits per heavy atom. The predicted molar refractivity (Wildman–Crippen MR) is 112 cm³/mol. The van der Waals surface area contributed by atoms with E-state index in [0.29, 0.717) is 24.1 Å². The Bertz CT molecular complexity index is 852. The molecule has 6 heteroatoms. The van der Waals surface area contributed by atoms with Crippen LogP contribution in [0.3, 0.4) is 0 Å². The van der Waals surface area contributed by atoms with Crippen LogP contribution in [0, 0.1) is 13.8 Å². The molecule has 0 radical (unpaired) electrons. The standard InChI is InChI=1S/C23H30N2O4/c1-5-19-8-6-7-13-25(19)23(26)12-10-18-9-11-21(22(14-18)27-4)28-15-20-16(2)24-29-17(20)3/h9-12,14,19H,5-8,13,15H2,1-4H3. The van der Waals surface area contributed by atoms with E-state index in [2.05, 4.69) is 12.1 Å². The quantitative estimate of drug-likeness (QED) is 0.634. The molecule has 3 rings (SSSR count). The monoisotopic (exact) mass is 398 g/mol. The van der Waals surface area contributed by atoms with Gasteiger partial charge in [0.1, 0.15) is 12.4 Å². The van der Waals surface area contributed by atoms with Gasteiger partial charge in [-0.2, -0.15) is 0 Å². The molecular weight excluding hydrogens is 368 g/mol. The summed E-state index contributed by atoms with van der Waals surface area (Å²) in [5.41, 5.74) is 2.65. The minimum atomic E-state index is 0.0780.